The quantitative estimate of drug-likeness (QED) is 0.213. The third kappa shape index (κ3) is 6.21. The standard InChI is InChI=1S/C32H34N4O5/c33-25(17-19-7-2-1-3-8-19)31(40)36-27(18-37)32(41)35-21-15-13-20(14-16-21)34-26-12-6-11-24-28(26)30(39)23-10-5-4-9-22(23)29(24)38/h1-12,20-21,25,27,34,37H,13-18,33H2,(H,35,41)(H,36,40)/t20?,21?,25-,27-/m0/s1. The molecule has 5 rings (SSSR count). The van der Waals surface area contributed by atoms with E-state index in [-0.39, 0.29) is 23.7 Å². The number of fused-ring (bicyclic) bond motifs is 2. The van der Waals surface area contributed by atoms with Gasteiger partial charge in [0.1, 0.15) is 6.04 Å². The van der Waals surface area contributed by atoms with Crippen LogP contribution in [0.3, 0.4) is 0 Å². The van der Waals surface area contributed by atoms with Crippen LogP contribution in [0.4, 0.5) is 5.69 Å². The Kier molecular flexibility index (Phi) is 8.56. The highest BCUT2D eigenvalue weighted by Gasteiger charge is 2.33. The van der Waals surface area contributed by atoms with Gasteiger partial charge >= 0.3 is 0 Å². The minimum absolute atomic E-state index is 0.0547. The Labute approximate surface area is 238 Å². The van der Waals surface area contributed by atoms with E-state index in [1.807, 2.05) is 36.4 Å². The number of hydrogen-bond donors (Lipinski definition) is 5. The molecule has 0 unspecified atom stereocenters. The molecule has 212 valence electrons. The monoisotopic (exact) mass is 554 g/mol. The number of aliphatic hydroxyl groups is 1. The van der Waals surface area contributed by atoms with Crippen LogP contribution < -0.4 is 21.7 Å². The normalized spacial score (nSPS) is 19.4. The highest BCUT2D eigenvalue weighted by Crippen LogP contribution is 2.33. The van der Waals surface area contributed by atoms with Gasteiger partial charge in [0, 0.05) is 34.5 Å². The van der Waals surface area contributed by atoms with Gasteiger partial charge in [0.25, 0.3) is 0 Å². The molecule has 1 fully saturated rings. The van der Waals surface area contributed by atoms with Gasteiger partial charge < -0.3 is 26.8 Å². The molecular formula is C32H34N4O5. The molecule has 41 heavy (non-hydrogen) atoms. The van der Waals surface area contributed by atoms with Crippen molar-refractivity contribution in [1.29, 1.82) is 0 Å². The van der Waals surface area contributed by atoms with E-state index >= 15 is 0 Å². The van der Waals surface area contributed by atoms with Crippen molar-refractivity contribution in [3.63, 3.8) is 0 Å². The maximum Gasteiger partial charge on any atom is 0.245 e. The van der Waals surface area contributed by atoms with Crippen LogP contribution in [0.5, 0.6) is 0 Å². The molecule has 2 atom stereocenters. The van der Waals surface area contributed by atoms with Gasteiger partial charge in [0.2, 0.25) is 11.8 Å². The Morgan fingerprint density at radius 2 is 1.39 bits per heavy atom. The topological polar surface area (TPSA) is 151 Å². The first kappa shape index (κ1) is 28.2. The molecule has 9 nitrogen and oxygen atoms in total. The van der Waals surface area contributed by atoms with E-state index in [2.05, 4.69) is 16.0 Å². The van der Waals surface area contributed by atoms with Crippen LogP contribution in [0.25, 0.3) is 0 Å². The van der Waals surface area contributed by atoms with Gasteiger partial charge in [0.15, 0.2) is 11.6 Å². The molecule has 0 aliphatic heterocycles. The molecule has 9 heteroatoms. The number of nitrogens with two attached hydrogens (primary N) is 1. The average Bonchev–Trinajstić information content (AvgIpc) is 2.99. The van der Waals surface area contributed by atoms with Crippen molar-refractivity contribution in [2.75, 3.05) is 11.9 Å². The molecule has 6 N–H and O–H groups in total. The molecule has 2 aliphatic rings. The summed E-state index contributed by atoms with van der Waals surface area (Å²) in [6, 6.07) is 19.5. The van der Waals surface area contributed by atoms with Crippen LogP contribution in [0.15, 0.2) is 72.8 Å². The Morgan fingerprint density at radius 3 is 2.07 bits per heavy atom. The number of hydrogen-bond acceptors (Lipinski definition) is 7. The number of aliphatic hydroxyl groups excluding tert-OH is 1. The summed E-state index contributed by atoms with van der Waals surface area (Å²) in [5, 5.41) is 18.7. The van der Waals surface area contributed by atoms with E-state index in [4.69, 9.17) is 5.73 Å². The van der Waals surface area contributed by atoms with E-state index < -0.39 is 30.5 Å². The fourth-order valence-corrected chi connectivity index (χ4v) is 5.60. The van der Waals surface area contributed by atoms with E-state index in [9.17, 15) is 24.3 Å². The van der Waals surface area contributed by atoms with Crippen molar-refractivity contribution in [1.82, 2.24) is 10.6 Å². The summed E-state index contributed by atoms with van der Waals surface area (Å²) in [6.07, 6.45) is 3.12. The molecule has 0 bridgehead atoms. The molecule has 0 heterocycles. The lowest BCUT2D eigenvalue weighted by Crippen LogP contribution is -2.55. The summed E-state index contributed by atoms with van der Waals surface area (Å²) in [5.41, 5.74) is 9.21. The molecule has 0 spiro atoms. The number of carbonyl (C=O) groups excluding carboxylic acids is 4. The lowest BCUT2D eigenvalue weighted by atomic mass is 9.83. The van der Waals surface area contributed by atoms with Crippen LogP contribution in [-0.4, -0.2) is 59.3 Å². The lowest BCUT2D eigenvalue weighted by molar-refractivity contribution is -0.131. The SMILES string of the molecule is N[C@@H](Cc1ccccc1)C(=O)N[C@@H](CO)C(=O)NC1CCC(Nc2cccc3c2C(=O)c2ccccc2C3=O)CC1. The van der Waals surface area contributed by atoms with Gasteiger partial charge in [-0.3, -0.25) is 19.2 Å². The molecular weight excluding hydrogens is 520 g/mol. The van der Waals surface area contributed by atoms with Gasteiger partial charge in [-0.05, 0) is 43.7 Å². The average molecular weight is 555 g/mol. The van der Waals surface area contributed by atoms with Crippen LogP contribution in [0, 0.1) is 0 Å². The number of ketones is 2. The maximum absolute atomic E-state index is 13.3. The Bertz CT molecular complexity index is 1450. The first-order valence-corrected chi connectivity index (χ1v) is 13.9. The smallest absolute Gasteiger partial charge is 0.245 e. The number of carbonyl (C=O) groups is 4. The number of amides is 2. The zero-order valence-corrected chi connectivity index (χ0v) is 22.6. The number of benzene rings is 3. The molecule has 0 radical (unpaired) electrons. The number of rotatable bonds is 9. The summed E-state index contributed by atoms with van der Waals surface area (Å²) in [7, 11) is 0. The Balaban J connectivity index is 1.14. The summed E-state index contributed by atoms with van der Waals surface area (Å²) < 4.78 is 0. The molecule has 3 aromatic rings. The zero-order valence-electron chi connectivity index (χ0n) is 22.6. The highest BCUT2D eigenvalue weighted by molar-refractivity contribution is 6.30. The molecule has 1 saturated carbocycles. The second kappa shape index (κ2) is 12.4. The van der Waals surface area contributed by atoms with E-state index in [0.29, 0.717) is 47.2 Å². The number of anilines is 1. The van der Waals surface area contributed by atoms with Crippen molar-refractivity contribution in [3.05, 3.63) is 101 Å². The van der Waals surface area contributed by atoms with Crippen molar-refractivity contribution < 1.29 is 24.3 Å². The summed E-state index contributed by atoms with van der Waals surface area (Å²) >= 11 is 0. The summed E-state index contributed by atoms with van der Waals surface area (Å²) in [5.74, 6) is -1.28. The van der Waals surface area contributed by atoms with Gasteiger partial charge in [0.05, 0.1) is 18.2 Å². The maximum atomic E-state index is 13.3. The zero-order chi connectivity index (χ0) is 28.9. The van der Waals surface area contributed by atoms with E-state index in [1.165, 1.54) is 0 Å². The minimum atomic E-state index is -1.09. The van der Waals surface area contributed by atoms with E-state index in [1.54, 1.807) is 36.4 Å². The van der Waals surface area contributed by atoms with E-state index in [0.717, 1.165) is 18.4 Å². The Hall–Kier alpha value is -4.34. The van der Waals surface area contributed by atoms with Crippen LogP contribution >= 0.6 is 0 Å². The fourth-order valence-electron chi connectivity index (χ4n) is 5.60. The first-order valence-electron chi connectivity index (χ1n) is 13.9. The molecule has 2 aliphatic carbocycles. The van der Waals surface area contributed by atoms with Crippen molar-refractivity contribution in [3.8, 4) is 0 Å². The fraction of sp³-hybridized carbons (Fsp3) is 0.312. The first-order chi connectivity index (χ1) is 19.9. The third-order valence-electron chi connectivity index (χ3n) is 7.84. The molecule has 0 aromatic heterocycles. The summed E-state index contributed by atoms with van der Waals surface area (Å²) in [6.45, 7) is -0.540. The van der Waals surface area contributed by atoms with Crippen molar-refractivity contribution >= 4 is 29.1 Å². The summed E-state index contributed by atoms with van der Waals surface area (Å²) in [4.78, 5) is 51.7. The van der Waals surface area contributed by atoms with Crippen LogP contribution in [0.1, 0.15) is 63.1 Å². The van der Waals surface area contributed by atoms with Gasteiger partial charge in [-0.1, -0.05) is 66.7 Å². The second-order valence-electron chi connectivity index (χ2n) is 10.7. The largest absolute Gasteiger partial charge is 0.394 e. The van der Waals surface area contributed by atoms with Crippen LogP contribution in [0.2, 0.25) is 0 Å². The van der Waals surface area contributed by atoms with Crippen molar-refractivity contribution in [2.45, 2.75) is 56.3 Å². The number of nitrogens with one attached hydrogen (secondary N) is 3. The van der Waals surface area contributed by atoms with Gasteiger partial charge in [-0.25, -0.2) is 0 Å². The minimum Gasteiger partial charge on any atom is -0.394 e. The molecule has 2 amide bonds. The van der Waals surface area contributed by atoms with Crippen LogP contribution in [-0.2, 0) is 16.0 Å². The van der Waals surface area contributed by atoms with Crippen molar-refractivity contribution in [2.24, 2.45) is 5.73 Å². The Morgan fingerprint density at radius 1 is 0.780 bits per heavy atom. The predicted octanol–water partition coefficient (Wildman–Crippen LogP) is 2.35. The highest BCUT2D eigenvalue weighted by atomic mass is 16.3. The third-order valence-corrected chi connectivity index (χ3v) is 7.84. The second-order valence-corrected chi connectivity index (χ2v) is 10.7. The van der Waals surface area contributed by atoms with Gasteiger partial charge in [-0.15, -0.1) is 0 Å². The van der Waals surface area contributed by atoms with Gasteiger partial charge in [-0.2, -0.15) is 0 Å². The predicted molar refractivity (Wildman–Crippen MR) is 155 cm³/mol. The molecule has 0 saturated heterocycles. The lowest BCUT2D eigenvalue weighted by Gasteiger charge is -2.32. The molecule has 3 aromatic carbocycles.